The zero-order valence-electron chi connectivity index (χ0n) is 20.4. The number of rotatable bonds is 11. The third-order valence-electron chi connectivity index (χ3n) is 7.52. The summed E-state index contributed by atoms with van der Waals surface area (Å²) in [5, 5.41) is 14.9. The second-order valence-corrected chi connectivity index (χ2v) is 11.3. The van der Waals surface area contributed by atoms with Gasteiger partial charge in [-0.3, -0.25) is 19.8 Å². The van der Waals surface area contributed by atoms with E-state index < -0.39 is 6.04 Å². The maximum atomic E-state index is 13.0. The number of ether oxygens (including phenoxy) is 1. The van der Waals surface area contributed by atoms with Crippen LogP contribution in [0.1, 0.15) is 75.2 Å². The highest BCUT2D eigenvalue weighted by Gasteiger charge is 2.64. The third-order valence-corrected chi connectivity index (χ3v) is 8.45. The molecule has 192 valence electrons. The molecule has 1 saturated heterocycles. The number of thiophene rings is 1. The summed E-state index contributed by atoms with van der Waals surface area (Å²) in [6, 6.07) is 1.32. The van der Waals surface area contributed by atoms with Crippen LogP contribution in [0.3, 0.4) is 0 Å². The van der Waals surface area contributed by atoms with Gasteiger partial charge in [0.05, 0.1) is 19.2 Å². The minimum Gasteiger partial charge on any atom is -0.384 e. The van der Waals surface area contributed by atoms with Crippen LogP contribution in [0.4, 0.5) is 0 Å². The number of piperidine rings is 1. The number of nitrogens with two attached hydrogens (primary N) is 1. The van der Waals surface area contributed by atoms with Crippen molar-refractivity contribution in [3.8, 4) is 0 Å². The highest BCUT2D eigenvalue weighted by atomic mass is 32.1. The van der Waals surface area contributed by atoms with Gasteiger partial charge in [-0.1, -0.05) is 26.2 Å². The summed E-state index contributed by atoms with van der Waals surface area (Å²) in [6.07, 6.45) is 8.76. The number of carbonyl (C=O) groups is 3. The van der Waals surface area contributed by atoms with Gasteiger partial charge in [-0.05, 0) is 43.6 Å². The van der Waals surface area contributed by atoms with Crippen molar-refractivity contribution in [2.75, 3.05) is 13.2 Å². The Balaban J connectivity index is 1.20. The van der Waals surface area contributed by atoms with Crippen molar-refractivity contribution in [2.45, 2.75) is 89.4 Å². The molecule has 0 aromatic carbocycles. The van der Waals surface area contributed by atoms with Gasteiger partial charge >= 0.3 is 0 Å². The first-order valence-electron chi connectivity index (χ1n) is 12.7. The number of fused-ring (bicyclic) bond motifs is 1. The zero-order chi connectivity index (χ0) is 25.0. The fraction of sp³-hybridized carbons (Fsp3) is 0.680. The Labute approximate surface area is 210 Å². The van der Waals surface area contributed by atoms with Gasteiger partial charge in [0.15, 0.2) is 0 Å². The number of hydrogen-bond acceptors (Lipinski definition) is 6. The molecule has 2 aliphatic carbocycles. The average Bonchev–Trinajstić information content (AvgIpc) is 3.18. The van der Waals surface area contributed by atoms with Gasteiger partial charge in [0, 0.05) is 34.9 Å². The first-order chi connectivity index (χ1) is 16.8. The average molecular weight is 504 g/mol. The number of carbonyl (C=O) groups excluding carboxylic acids is 3. The second kappa shape index (κ2) is 11.1. The SMILES string of the molecule is C[C@@]12C[C@@H]1N(C(=O)CNC(=O)CCCOC1CCCCC1)[C@H](C(=O)NCc1cc(C(=N)N)cs1)C2. The molecule has 0 unspecified atom stereocenters. The molecule has 4 rings (SSSR count). The number of likely N-dealkylation sites (tertiary alicyclic amines) is 1. The topological polar surface area (TPSA) is 138 Å². The maximum absolute atomic E-state index is 13.0. The summed E-state index contributed by atoms with van der Waals surface area (Å²) < 4.78 is 5.86. The lowest BCUT2D eigenvalue weighted by Gasteiger charge is -2.27. The molecule has 2 heterocycles. The van der Waals surface area contributed by atoms with Gasteiger partial charge in [-0.2, -0.15) is 0 Å². The van der Waals surface area contributed by atoms with Gasteiger partial charge in [0.2, 0.25) is 17.7 Å². The normalized spacial score (nSPS) is 25.7. The quantitative estimate of drug-likeness (QED) is 0.209. The van der Waals surface area contributed by atoms with Crippen LogP contribution < -0.4 is 16.4 Å². The minimum atomic E-state index is -0.528. The summed E-state index contributed by atoms with van der Waals surface area (Å²) >= 11 is 1.43. The largest absolute Gasteiger partial charge is 0.384 e. The van der Waals surface area contributed by atoms with Gasteiger partial charge in [-0.25, -0.2) is 0 Å². The highest BCUT2D eigenvalue weighted by Crippen LogP contribution is 2.59. The minimum absolute atomic E-state index is 0.00167. The van der Waals surface area contributed by atoms with Crippen LogP contribution in [0.5, 0.6) is 0 Å². The third kappa shape index (κ3) is 6.41. The van der Waals surface area contributed by atoms with Crippen LogP contribution in [-0.4, -0.2) is 59.8 Å². The van der Waals surface area contributed by atoms with E-state index in [9.17, 15) is 14.4 Å². The van der Waals surface area contributed by atoms with E-state index in [0.29, 0.717) is 44.1 Å². The molecule has 9 nitrogen and oxygen atoms in total. The molecule has 35 heavy (non-hydrogen) atoms. The van der Waals surface area contributed by atoms with Crippen LogP contribution in [0.15, 0.2) is 11.4 Å². The smallest absolute Gasteiger partial charge is 0.243 e. The number of nitrogens with one attached hydrogen (secondary N) is 3. The Hall–Kier alpha value is -2.46. The first-order valence-corrected chi connectivity index (χ1v) is 13.5. The maximum Gasteiger partial charge on any atom is 0.243 e. The van der Waals surface area contributed by atoms with Crippen molar-refractivity contribution < 1.29 is 19.1 Å². The molecule has 0 bridgehead atoms. The Morgan fingerprint density at radius 1 is 1.23 bits per heavy atom. The number of nitrogen functional groups attached to an aromatic ring is 1. The number of hydrogen-bond donors (Lipinski definition) is 4. The Morgan fingerprint density at radius 3 is 2.71 bits per heavy atom. The molecule has 3 aliphatic rings. The van der Waals surface area contributed by atoms with Crippen molar-refractivity contribution >= 4 is 34.9 Å². The number of amidine groups is 1. The molecule has 3 amide bonds. The predicted molar refractivity (Wildman–Crippen MR) is 134 cm³/mol. The highest BCUT2D eigenvalue weighted by molar-refractivity contribution is 7.10. The summed E-state index contributed by atoms with van der Waals surface area (Å²) in [5.41, 5.74) is 6.12. The molecule has 5 N–H and O–H groups in total. The van der Waals surface area contributed by atoms with Gasteiger partial charge < -0.3 is 26.0 Å². The van der Waals surface area contributed by atoms with Crippen LogP contribution in [0.25, 0.3) is 0 Å². The van der Waals surface area contributed by atoms with Gasteiger partial charge in [0.25, 0.3) is 0 Å². The molecule has 1 aliphatic heterocycles. The van der Waals surface area contributed by atoms with Gasteiger partial charge in [-0.15, -0.1) is 11.3 Å². The zero-order valence-corrected chi connectivity index (χ0v) is 21.3. The van der Waals surface area contributed by atoms with Crippen LogP contribution in [0, 0.1) is 10.8 Å². The number of nitrogens with zero attached hydrogens (tertiary/aromatic N) is 1. The molecule has 10 heteroatoms. The molecular formula is C25H37N5O4S. The van der Waals surface area contributed by atoms with E-state index in [2.05, 4.69) is 17.6 Å². The van der Waals surface area contributed by atoms with Crippen molar-refractivity contribution in [3.05, 3.63) is 21.9 Å². The first kappa shape index (κ1) is 25.6. The molecule has 2 saturated carbocycles. The Morgan fingerprint density at radius 2 is 2.00 bits per heavy atom. The van der Waals surface area contributed by atoms with E-state index >= 15 is 0 Å². The lowest BCUT2D eigenvalue weighted by atomic mass is 9.98. The molecular weight excluding hydrogens is 466 g/mol. The second-order valence-electron chi connectivity index (χ2n) is 10.3. The molecule has 0 spiro atoms. The van der Waals surface area contributed by atoms with Crippen molar-refractivity contribution in [1.29, 1.82) is 5.41 Å². The summed E-state index contributed by atoms with van der Waals surface area (Å²) in [5.74, 6) is -0.560. The standard InChI is InChI=1S/C25H37N5O4S/c1-25-11-19(24(33)29-13-18-10-16(15-35-18)23(26)27)30(20(25)12-25)22(32)14-28-21(31)8-5-9-34-17-6-3-2-4-7-17/h10,15,17,19-20H,2-9,11-14H2,1H3,(H3,26,27)(H,28,31)(H,29,33)/t19-,20-,25+/m0/s1. The number of amides is 3. The summed E-state index contributed by atoms with van der Waals surface area (Å²) in [4.78, 5) is 40.8. The van der Waals surface area contributed by atoms with E-state index in [1.165, 1.54) is 30.6 Å². The predicted octanol–water partition coefficient (Wildman–Crippen LogP) is 2.27. The van der Waals surface area contributed by atoms with E-state index in [1.54, 1.807) is 16.3 Å². The molecule has 3 atom stereocenters. The fourth-order valence-corrected chi connectivity index (χ4v) is 6.16. The summed E-state index contributed by atoms with van der Waals surface area (Å²) in [6.45, 7) is 2.91. The molecule has 3 fully saturated rings. The fourth-order valence-electron chi connectivity index (χ4n) is 5.34. The van der Waals surface area contributed by atoms with Crippen LogP contribution >= 0.6 is 11.3 Å². The van der Waals surface area contributed by atoms with Gasteiger partial charge in [0.1, 0.15) is 11.9 Å². The van der Waals surface area contributed by atoms with Crippen molar-refractivity contribution in [3.63, 3.8) is 0 Å². The lowest BCUT2D eigenvalue weighted by Crippen LogP contribution is -2.50. The van der Waals surface area contributed by atoms with E-state index in [0.717, 1.165) is 24.1 Å². The van der Waals surface area contributed by atoms with Crippen LogP contribution in [-0.2, 0) is 25.7 Å². The van der Waals surface area contributed by atoms with Crippen molar-refractivity contribution in [2.24, 2.45) is 11.1 Å². The van der Waals surface area contributed by atoms with Crippen LogP contribution in [0.2, 0.25) is 0 Å². The van der Waals surface area contributed by atoms with E-state index in [-0.39, 0.29) is 41.6 Å². The van der Waals surface area contributed by atoms with E-state index in [4.69, 9.17) is 15.9 Å². The molecule has 1 aromatic rings. The monoisotopic (exact) mass is 503 g/mol. The Kier molecular flexibility index (Phi) is 8.11. The molecule has 0 radical (unpaired) electrons. The Bertz CT molecular complexity index is 959. The molecule has 1 aromatic heterocycles. The van der Waals surface area contributed by atoms with E-state index in [1.807, 2.05) is 0 Å². The van der Waals surface area contributed by atoms with Crippen molar-refractivity contribution in [1.82, 2.24) is 15.5 Å². The lowest BCUT2D eigenvalue weighted by molar-refractivity contribution is -0.140. The summed E-state index contributed by atoms with van der Waals surface area (Å²) in [7, 11) is 0.